The van der Waals surface area contributed by atoms with Crippen LogP contribution in [0.4, 0.5) is 5.69 Å². The number of aromatic nitrogens is 1. The molecular formula is C20H22N2O2. The van der Waals surface area contributed by atoms with Crippen molar-refractivity contribution in [2.24, 2.45) is 0 Å². The lowest BCUT2D eigenvalue weighted by atomic mass is 10.00. The summed E-state index contributed by atoms with van der Waals surface area (Å²) in [4.78, 5) is 28.0. The summed E-state index contributed by atoms with van der Waals surface area (Å²) in [6, 6.07) is 10.3. The molecule has 1 aliphatic heterocycles. The highest BCUT2D eigenvalue weighted by molar-refractivity contribution is 6.07. The van der Waals surface area contributed by atoms with Gasteiger partial charge in [0.05, 0.1) is 0 Å². The van der Waals surface area contributed by atoms with Crippen molar-refractivity contribution in [2.75, 3.05) is 11.4 Å². The maximum atomic E-state index is 13.2. The van der Waals surface area contributed by atoms with E-state index in [0.717, 1.165) is 42.6 Å². The van der Waals surface area contributed by atoms with Gasteiger partial charge in [0.2, 0.25) is 0 Å². The van der Waals surface area contributed by atoms with Gasteiger partial charge < -0.3 is 9.47 Å². The van der Waals surface area contributed by atoms with Gasteiger partial charge in [-0.05, 0) is 62.8 Å². The molecule has 0 spiro atoms. The van der Waals surface area contributed by atoms with Crippen LogP contribution >= 0.6 is 0 Å². The Labute approximate surface area is 141 Å². The second kappa shape index (κ2) is 5.62. The van der Waals surface area contributed by atoms with Crippen LogP contribution in [0.1, 0.15) is 52.5 Å². The van der Waals surface area contributed by atoms with Gasteiger partial charge in [0.25, 0.3) is 11.5 Å². The van der Waals surface area contributed by atoms with Crippen molar-refractivity contribution in [3.05, 3.63) is 63.1 Å². The summed E-state index contributed by atoms with van der Waals surface area (Å²) in [6.07, 6.45) is 3.98. The van der Waals surface area contributed by atoms with Crippen LogP contribution in [-0.2, 0) is 6.42 Å². The fourth-order valence-corrected chi connectivity index (χ4v) is 3.83. The number of anilines is 1. The van der Waals surface area contributed by atoms with Gasteiger partial charge in [0.15, 0.2) is 0 Å². The van der Waals surface area contributed by atoms with E-state index in [-0.39, 0.29) is 17.5 Å². The monoisotopic (exact) mass is 322 g/mol. The van der Waals surface area contributed by atoms with Gasteiger partial charge in [-0.15, -0.1) is 0 Å². The van der Waals surface area contributed by atoms with Crippen molar-refractivity contribution in [3.63, 3.8) is 0 Å². The molecule has 0 atom stereocenters. The molecule has 4 rings (SSSR count). The summed E-state index contributed by atoms with van der Waals surface area (Å²) in [5.41, 5.74) is 4.08. The molecule has 4 nitrogen and oxygen atoms in total. The fraction of sp³-hybridized carbons (Fsp3) is 0.400. The molecule has 0 saturated heterocycles. The highest BCUT2D eigenvalue weighted by Gasteiger charge is 2.31. The number of fused-ring (bicyclic) bond motifs is 1. The summed E-state index contributed by atoms with van der Waals surface area (Å²) in [6.45, 7) is 4.50. The van der Waals surface area contributed by atoms with Gasteiger partial charge in [-0.2, -0.15) is 0 Å². The summed E-state index contributed by atoms with van der Waals surface area (Å²) in [5.74, 6) is -0.154. The van der Waals surface area contributed by atoms with Crippen molar-refractivity contribution in [1.29, 1.82) is 0 Å². The van der Waals surface area contributed by atoms with E-state index in [1.165, 1.54) is 5.56 Å². The largest absolute Gasteiger partial charge is 0.309 e. The summed E-state index contributed by atoms with van der Waals surface area (Å²) in [7, 11) is 0. The Morgan fingerprint density at radius 2 is 1.92 bits per heavy atom. The predicted octanol–water partition coefficient (Wildman–Crippen LogP) is 3.39. The minimum Gasteiger partial charge on any atom is -0.309 e. The van der Waals surface area contributed by atoms with Crippen LogP contribution in [0.25, 0.3) is 0 Å². The summed E-state index contributed by atoms with van der Waals surface area (Å²) < 4.78 is 1.82. The molecule has 1 amide bonds. The molecule has 0 bridgehead atoms. The van der Waals surface area contributed by atoms with E-state index in [0.29, 0.717) is 12.1 Å². The van der Waals surface area contributed by atoms with Gasteiger partial charge in [-0.25, -0.2) is 0 Å². The topological polar surface area (TPSA) is 42.3 Å². The number of hydrogen-bond acceptors (Lipinski definition) is 2. The number of para-hydroxylation sites is 1. The zero-order chi connectivity index (χ0) is 16.8. The highest BCUT2D eigenvalue weighted by atomic mass is 16.2. The van der Waals surface area contributed by atoms with Crippen molar-refractivity contribution < 1.29 is 4.79 Å². The maximum absolute atomic E-state index is 13.2. The van der Waals surface area contributed by atoms with Crippen LogP contribution in [0.15, 0.2) is 35.1 Å². The van der Waals surface area contributed by atoms with E-state index in [1.54, 1.807) is 4.90 Å². The smallest absolute Gasteiger partial charge is 0.264 e. The van der Waals surface area contributed by atoms with E-state index in [9.17, 15) is 9.59 Å². The number of hydrogen-bond donors (Lipinski definition) is 0. The lowest BCUT2D eigenvalue weighted by Gasteiger charge is -2.30. The third-order valence-corrected chi connectivity index (χ3v) is 5.11. The lowest BCUT2D eigenvalue weighted by molar-refractivity contribution is 0.0982. The Morgan fingerprint density at radius 1 is 1.17 bits per heavy atom. The first-order chi connectivity index (χ1) is 11.6. The van der Waals surface area contributed by atoms with E-state index >= 15 is 0 Å². The zero-order valence-corrected chi connectivity index (χ0v) is 14.2. The van der Waals surface area contributed by atoms with Gasteiger partial charge in [0.1, 0.15) is 5.56 Å². The molecule has 1 aliphatic carbocycles. The molecule has 1 fully saturated rings. The number of carbonyl (C=O) groups excluding carboxylic acids is 1. The normalized spacial score (nSPS) is 16.8. The van der Waals surface area contributed by atoms with Gasteiger partial charge >= 0.3 is 0 Å². The first-order valence-electron chi connectivity index (χ1n) is 8.70. The second-order valence-electron chi connectivity index (χ2n) is 6.94. The average molecular weight is 322 g/mol. The fourth-order valence-electron chi connectivity index (χ4n) is 3.83. The standard InChI is InChI=1S/C20H22N2O2/c1-13-12-14(2)22(16-9-10-16)20(24)18(13)19(23)21-11-5-7-15-6-3-4-8-17(15)21/h3-4,6,8,12,16H,5,7,9-11H2,1-2H3. The number of rotatable bonds is 2. The molecule has 0 N–H and O–H groups in total. The number of carbonyl (C=O) groups is 1. The van der Waals surface area contributed by atoms with Crippen LogP contribution < -0.4 is 10.5 Å². The molecular weight excluding hydrogens is 300 g/mol. The number of benzene rings is 1. The minimum absolute atomic E-state index is 0.122. The number of nitrogens with zero attached hydrogens (tertiary/aromatic N) is 2. The number of pyridine rings is 1. The van der Waals surface area contributed by atoms with Crippen molar-refractivity contribution in [3.8, 4) is 0 Å². The zero-order valence-electron chi connectivity index (χ0n) is 14.2. The number of aryl methyl sites for hydroxylation is 3. The highest BCUT2D eigenvalue weighted by Crippen LogP contribution is 2.35. The quantitative estimate of drug-likeness (QED) is 0.850. The van der Waals surface area contributed by atoms with Crippen LogP contribution in [0.2, 0.25) is 0 Å². The van der Waals surface area contributed by atoms with E-state index in [1.807, 2.05) is 42.7 Å². The van der Waals surface area contributed by atoms with E-state index < -0.39 is 0 Å². The Hall–Kier alpha value is -2.36. The van der Waals surface area contributed by atoms with Crippen LogP contribution in [-0.4, -0.2) is 17.0 Å². The third kappa shape index (κ3) is 2.37. The molecule has 24 heavy (non-hydrogen) atoms. The molecule has 2 heterocycles. The molecule has 124 valence electrons. The van der Waals surface area contributed by atoms with E-state index in [2.05, 4.69) is 6.07 Å². The SMILES string of the molecule is Cc1cc(C)n(C2CC2)c(=O)c1C(=O)N1CCCc2ccccc21. The molecule has 4 heteroatoms. The van der Waals surface area contributed by atoms with Crippen molar-refractivity contribution >= 4 is 11.6 Å². The molecule has 1 saturated carbocycles. The average Bonchev–Trinajstić information content (AvgIpc) is 3.38. The Kier molecular flexibility index (Phi) is 3.56. The molecule has 0 radical (unpaired) electrons. The van der Waals surface area contributed by atoms with Crippen molar-refractivity contribution in [1.82, 2.24) is 4.57 Å². The molecule has 2 aliphatic rings. The second-order valence-corrected chi connectivity index (χ2v) is 6.94. The van der Waals surface area contributed by atoms with Gasteiger partial charge in [0, 0.05) is 24.0 Å². The summed E-state index contributed by atoms with van der Waals surface area (Å²) in [5, 5.41) is 0. The van der Waals surface area contributed by atoms with Crippen molar-refractivity contribution in [2.45, 2.75) is 45.6 Å². The van der Waals surface area contributed by atoms with Gasteiger partial charge in [-0.1, -0.05) is 18.2 Å². The first kappa shape index (κ1) is 15.2. The summed E-state index contributed by atoms with van der Waals surface area (Å²) >= 11 is 0. The lowest BCUT2D eigenvalue weighted by Crippen LogP contribution is -2.40. The molecule has 1 aromatic carbocycles. The maximum Gasteiger partial charge on any atom is 0.264 e. The number of amides is 1. The molecule has 2 aromatic rings. The van der Waals surface area contributed by atoms with Crippen LogP contribution in [0, 0.1) is 13.8 Å². The van der Waals surface area contributed by atoms with Crippen LogP contribution in [0.3, 0.4) is 0 Å². The molecule has 1 aromatic heterocycles. The first-order valence-corrected chi connectivity index (χ1v) is 8.70. The third-order valence-electron chi connectivity index (χ3n) is 5.11. The van der Waals surface area contributed by atoms with E-state index in [4.69, 9.17) is 0 Å². The Balaban J connectivity index is 1.82. The predicted molar refractivity (Wildman–Crippen MR) is 94.9 cm³/mol. The minimum atomic E-state index is -0.154. The van der Waals surface area contributed by atoms with Crippen LogP contribution in [0.5, 0.6) is 0 Å². The molecule has 0 unspecified atom stereocenters. The van der Waals surface area contributed by atoms with Gasteiger partial charge in [-0.3, -0.25) is 9.59 Å². The Bertz CT molecular complexity index is 878. The Morgan fingerprint density at radius 3 is 2.67 bits per heavy atom.